The van der Waals surface area contributed by atoms with Gasteiger partial charge >= 0.3 is 0 Å². The molecule has 0 saturated heterocycles. The largest absolute Gasteiger partial charge is 0.296 e. The van der Waals surface area contributed by atoms with E-state index in [0.29, 0.717) is 34.4 Å². The van der Waals surface area contributed by atoms with Crippen molar-refractivity contribution in [1.29, 1.82) is 5.26 Å². The number of nitrogens with zero attached hydrogens (tertiary/aromatic N) is 5. The van der Waals surface area contributed by atoms with Crippen LogP contribution in [0.3, 0.4) is 0 Å². The Morgan fingerprint density at radius 2 is 1.80 bits per heavy atom. The Labute approximate surface area is 174 Å². The molecule has 1 aromatic carbocycles. The Kier molecular flexibility index (Phi) is 5.40. The van der Waals surface area contributed by atoms with Gasteiger partial charge in [0.15, 0.2) is 17.5 Å². The van der Waals surface area contributed by atoms with Crippen molar-refractivity contribution in [3.63, 3.8) is 0 Å². The van der Waals surface area contributed by atoms with Gasteiger partial charge in [-0.25, -0.2) is 15.0 Å². The van der Waals surface area contributed by atoms with Gasteiger partial charge in [0.25, 0.3) is 5.56 Å². The first-order valence-electron chi connectivity index (χ1n) is 10.3. The van der Waals surface area contributed by atoms with Gasteiger partial charge in [-0.15, -0.1) is 0 Å². The van der Waals surface area contributed by atoms with Crippen molar-refractivity contribution in [1.82, 2.24) is 19.5 Å². The molecule has 152 valence electrons. The minimum atomic E-state index is -1.11. The standard InChI is InChI=1S/C23H23N5O2/c1-14-11-15(2)26-22(25-14)18(13-24)21(29)16-8-9-17-19(12-16)27-20-7-5-3-4-6-10-28(20)23(17)30/h8-9,11-12,18H,3-7,10H2,1-2H3. The van der Waals surface area contributed by atoms with Crippen molar-refractivity contribution in [3.05, 3.63) is 63.2 Å². The van der Waals surface area contributed by atoms with Crippen molar-refractivity contribution >= 4 is 16.7 Å². The molecule has 0 spiro atoms. The van der Waals surface area contributed by atoms with Gasteiger partial charge in [-0.2, -0.15) is 5.26 Å². The number of aromatic nitrogens is 4. The fraction of sp³-hybridized carbons (Fsp3) is 0.391. The molecule has 7 heteroatoms. The van der Waals surface area contributed by atoms with Gasteiger partial charge in [-0.1, -0.05) is 18.9 Å². The monoisotopic (exact) mass is 401 g/mol. The number of fused-ring (bicyclic) bond motifs is 2. The Bertz CT molecular complexity index is 1220. The Balaban J connectivity index is 1.77. The van der Waals surface area contributed by atoms with Crippen LogP contribution >= 0.6 is 0 Å². The number of ketones is 1. The number of hydrogen-bond acceptors (Lipinski definition) is 6. The van der Waals surface area contributed by atoms with E-state index in [-0.39, 0.29) is 11.4 Å². The number of nitriles is 1. The van der Waals surface area contributed by atoms with Crippen LogP contribution < -0.4 is 5.56 Å². The SMILES string of the molecule is Cc1cc(C)nc(C(C#N)C(=O)c2ccc3c(=O)n4c(nc3c2)CCCCCC4)n1. The highest BCUT2D eigenvalue weighted by atomic mass is 16.1. The van der Waals surface area contributed by atoms with Crippen LogP contribution in [0.15, 0.2) is 29.1 Å². The molecule has 1 atom stereocenters. The summed E-state index contributed by atoms with van der Waals surface area (Å²) < 4.78 is 1.77. The van der Waals surface area contributed by atoms with Crippen LogP contribution in [0.25, 0.3) is 10.9 Å². The molecule has 0 saturated carbocycles. The Morgan fingerprint density at radius 3 is 2.53 bits per heavy atom. The minimum absolute atomic E-state index is 0.0645. The van der Waals surface area contributed by atoms with Crippen molar-refractivity contribution in [3.8, 4) is 6.07 Å². The quantitative estimate of drug-likeness (QED) is 0.623. The molecule has 7 nitrogen and oxygen atoms in total. The lowest BCUT2D eigenvalue weighted by atomic mass is 9.97. The summed E-state index contributed by atoms with van der Waals surface area (Å²) >= 11 is 0. The first kappa shape index (κ1) is 19.9. The zero-order chi connectivity index (χ0) is 21.3. The predicted octanol–water partition coefficient (Wildman–Crippen LogP) is 3.41. The highest BCUT2D eigenvalue weighted by molar-refractivity contribution is 6.04. The molecule has 0 amide bonds. The summed E-state index contributed by atoms with van der Waals surface area (Å²) in [5.74, 6) is -0.526. The van der Waals surface area contributed by atoms with E-state index >= 15 is 0 Å². The Morgan fingerprint density at radius 1 is 1.07 bits per heavy atom. The molecule has 3 aromatic rings. The van der Waals surface area contributed by atoms with Gasteiger partial charge in [-0.3, -0.25) is 14.2 Å². The molecule has 0 radical (unpaired) electrons. The summed E-state index contributed by atoms with van der Waals surface area (Å²) in [4.78, 5) is 39.3. The Hall–Kier alpha value is -3.40. The number of Topliss-reactive ketones (excluding diaryl/α,β-unsaturated/α-hetero) is 1. The van der Waals surface area contributed by atoms with Gasteiger partial charge < -0.3 is 0 Å². The first-order valence-corrected chi connectivity index (χ1v) is 10.3. The van der Waals surface area contributed by atoms with Crippen LogP contribution in [-0.2, 0) is 13.0 Å². The first-order chi connectivity index (χ1) is 14.5. The number of benzene rings is 1. The van der Waals surface area contributed by atoms with E-state index in [9.17, 15) is 14.9 Å². The van der Waals surface area contributed by atoms with Crippen molar-refractivity contribution in [2.45, 2.75) is 58.4 Å². The second-order valence-corrected chi connectivity index (χ2v) is 7.82. The molecule has 4 rings (SSSR count). The molecule has 1 aliphatic rings. The molecule has 1 unspecified atom stereocenters. The maximum atomic E-state index is 13.1. The third kappa shape index (κ3) is 3.73. The van der Waals surface area contributed by atoms with E-state index in [0.717, 1.165) is 37.9 Å². The zero-order valence-electron chi connectivity index (χ0n) is 17.2. The summed E-state index contributed by atoms with van der Waals surface area (Å²) in [7, 11) is 0. The highest BCUT2D eigenvalue weighted by Crippen LogP contribution is 2.21. The van der Waals surface area contributed by atoms with Crippen LogP contribution in [0.5, 0.6) is 0 Å². The van der Waals surface area contributed by atoms with Crippen LogP contribution in [0, 0.1) is 25.2 Å². The number of hydrogen-bond donors (Lipinski definition) is 0. The summed E-state index contributed by atoms with van der Waals surface area (Å²) in [5, 5.41) is 10.1. The third-order valence-corrected chi connectivity index (χ3v) is 5.50. The molecule has 0 aliphatic carbocycles. The molecule has 0 N–H and O–H groups in total. The van der Waals surface area contributed by atoms with E-state index in [1.165, 1.54) is 0 Å². The summed E-state index contributed by atoms with van der Waals surface area (Å²) in [6, 6.07) is 8.68. The fourth-order valence-corrected chi connectivity index (χ4v) is 4.03. The smallest absolute Gasteiger partial charge is 0.261 e. The van der Waals surface area contributed by atoms with Crippen molar-refractivity contribution in [2.24, 2.45) is 0 Å². The van der Waals surface area contributed by atoms with Crippen LogP contribution in [0.2, 0.25) is 0 Å². The van der Waals surface area contributed by atoms with Gasteiger partial charge in [0, 0.05) is 29.9 Å². The molecule has 0 fully saturated rings. The lowest BCUT2D eigenvalue weighted by Crippen LogP contribution is -2.26. The van der Waals surface area contributed by atoms with Crippen LogP contribution in [-0.4, -0.2) is 25.3 Å². The van der Waals surface area contributed by atoms with Gasteiger partial charge in [0.1, 0.15) is 5.82 Å². The summed E-state index contributed by atoms with van der Waals surface area (Å²) in [5.41, 5.74) is 2.18. The molecular formula is C23H23N5O2. The average Bonchev–Trinajstić information content (AvgIpc) is 2.69. The average molecular weight is 401 g/mol. The molecule has 0 bridgehead atoms. The van der Waals surface area contributed by atoms with E-state index in [1.54, 1.807) is 42.7 Å². The lowest BCUT2D eigenvalue weighted by Gasteiger charge is -2.16. The van der Waals surface area contributed by atoms with Gasteiger partial charge in [0.05, 0.1) is 17.0 Å². The number of carbonyl (C=O) groups is 1. The van der Waals surface area contributed by atoms with E-state index in [1.807, 2.05) is 6.07 Å². The van der Waals surface area contributed by atoms with Crippen LogP contribution in [0.4, 0.5) is 0 Å². The molecule has 3 heterocycles. The third-order valence-electron chi connectivity index (χ3n) is 5.50. The van der Waals surface area contributed by atoms with E-state index < -0.39 is 11.7 Å². The molecular weight excluding hydrogens is 378 g/mol. The number of aryl methyl sites for hydroxylation is 3. The fourth-order valence-electron chi connectivity index (χ4n) is 4.03. The molecule has 30 heavy (non-hydrogen) atoms. The van der Waals surface area contributed by atoms with E-state index in [4.69, 9.17) is 4.98 Å². The van der Waals surface area contributed by atoms with Gasteiger partial charge in [-0.05, 0) is 44.9 Å². The number of rotatable bonds is 3. The van der Waals surface area contributed by atoms with E-state index in [2.05, 4.69) is 9.97 Å². The lowest BCUT2D eigenvalue weighted by molar-refractivity contribution is 0.0976. The summed E-state index contributed by atoms with van der Waals surface area (Å²) in [6.45, 7) is 4.29. The maximum Gasteiger partial charge on any atom is 0.261 e. The number of carbonyl (C=O) groups excluding carboxylic acids is 1. The predicted molar refractivity (Wildman–Crippen MR) is 112 cm³/mol. The normalized spacial score (nSPS) is 15.0. The second kappa shape index (κ2) is 8.15. The van der Waals surface area contributed by atoms with Crippen molar-refractivity contribution in [2.75, 3.05) is 0 Å². The molecule has 2 aromatic heterocycles. The summed E-state index contributed by atoms with van der Waals surface area (Å²) in [6.07, 6.45) is 4.97. The van der Waals surface area contributed by atoms with Gasteiger partial charge in [0.2, 0.25) is 0 Å². The zero-order valence-corrected chi connectivity index (χ0v) is 17.2. The molecule has 1 aliphatic heterocycles. The van der Waals surface area contributed by atoms with Crippen LogP contribution in [0.1, 0.15) is 65.0 Å². The minimum Gasteiger partial charge on any atom is -0.296 e. The topological polar surface area (TPSA) is 102 Å². The maximum absolute atomic E-state index is 13.1. The second-order valence-electron chi connectivity index (χ2n) is 7.82. The van der Waals surface area contributed by atoms with Crippen molar-refractivity contribution < 1.29 is 4.79 Å². The highest BCUT2D eigenvalue weighted by Gasteiger charge is 2.26.